The van der Waals surface area contributed by atoms with Gasteiger partial charge in [-0.25, -0.2) is 0 Å². The zero-order valence-electron chi connectivity index (χ0n) is 6.98. The van der Waals surface area contributed by atoms with Gasteiger partial charge in [0.05, 0.1) is 0 Å². The summed E-state index contributed by atoms with van der Waals surface area (Å²) in [7, 11) is 0. The Morgan fingerprint density at radius 1 is 1.50 bits per heavy atom. The standard InChI is InChI=1S/C9H17N/c1-8(2)9(3)6-4-5-7-10/h6H,1,4-5,7,10H2,2-3H3/b9-6+. The molecule has 1 nitrogen and oxygen atoms in total. The topological polar surface area (TPSA) is 26.0 Å². The fourth-order valence-electron chi connectivity index (χ4n) is 0.611. The summed E-state index contributed by atoms with van der Waals surface area (Å²) in [5.74, 6) is 0. The molecule has 0 bridgehead atoms. The van der Waals surface area contributed by atoms with Crippen LogP contribution in [0.1, 0.15) is 26.7 Å². The fourth-order valence-corrected chi connectivity index (χ4v) is 0.611. The van der Waals surface area contributed by atoms with E-state index in [1.807, 2.05) is 6.92 Å². The van der Waals surface area contributed by atoms with Crippen LogP contribution >= 0.6 is 0 Å². The van der Waals surface area contributed by atoms with Crippen LogP contribution in [0.2, 0.25) is 0 Å². The minimum Gasteiger partial charge on any atom is -0.330 e. The average molecular weight is 139 g/mol. The monoisotopic (exact) mass is 139 g/mol. The molecule has 0 aliphatic rings. The van der Waals surface area contributed by atoms with Gasteiger partial charge in [0.15, 0.2) is 0 Å². The van der Waals surface area contributed by atoms with Crippen molar-refractivity contribution in [3.63, 3.8) is 0 Å². The molecule has 58 valence electrons. The van der Waals surface area contributed by atoms with Crippen molar-refractivity contribution in [2.45, 2.75) is 26.7 Å². The van der Waals surface area contributed by atoms with Gasteiger partial charge in [0, 0.05) is 0 Å². The highest BCUT2D eigenvalue weighted by Crippen LogP contribution is 2.06. The summed E-state index contributed by atoms with van der Waals surface area (Å²) in [5, 5.41) is 0. The molecule has 0 rings (SSSR count). The first kappa shape index (κ1) is 9.44. The van der Waals surface area contributed by atoms with Gasteiger partial charge in [-0.1, -0.05) is 23.8 Å². The molecule has 0 aromatic carbocycles. The maximum absolute atomic E-state index is 5.34. The van der Waals surface area contributed by atoms with E-state index in [-0.39, 0.29) is 0 Å². The maximum Gasteiger partial charge on any atom is -0.00743 e. The van der Waals surface area contributed by atoms with Crippen LogP contribution in [-0.2, 0) is 0 Å². The van der Waals surface area contributed by atoms with Crippen LogP contribution < -0.4 is 5.73 Å². The van der Waals surface area contributed by atoms with Gasteiger partial charge in [-0.3, -0.25) is 0 Å². The zero-order chi connectivity index (χ0) is 7.98. The molecule has 0 aromatic rings. The Kier molecular flexibility index (Phi) is 4.95. The highest BCUT2D eigenvalue weighted by atomic mass is 14.5. The lowest BCUT2D eigenvalue weighted by molar-refractivity contribution is 0.851. The summed E-state index contributed by atoms with van der Waals surface area (Å²) in [5.41, 5.74) is 7.77. The van der Waals surface area contributed by atoms with E-state index in [1.165, 1.54) is 5.57 Å². The summed E-state index contributed by atoms with van der Waals surface area (Å²) in [4.78, 5) is 0. The van der Waals surface area contributed by atoms with Crippen LogP contribution in [-0.4, -0.2) is 6.54 Å². The highest BCUT2D eigenvalue weighted by molar-refractivity contribution is 5.23. The second-order valence-corrected chi connectivity index (χ2v) is 2.60. The minimum absolute atomic E-state index is 0.778. The molecule has 10 heavy (non-hydrogen) atoms. The van der Waals surface area contributed by atoms with Crippen molar-refractivity contribution in [2.24, 2.45) is 5.73 Å². The maximum atomic E-state index is 5.34. The minimum atomic E-state index is 0.778. The van der Waals surface area contributed by atoms with Gasteiger partial charge < -0.3 is 5.73 Å². The molecule has 1 heteroatoms. The van der Waals surface area contributed by atoms with Crippen LogP contribution in [0.3, 0.4) is 0 Å². The molecule has 0 heterocycles. The van der Waals surface area contributed by atoms with E-state index in [0.717, 1.165) is 25.0 Å². The zero-order valence-corrected chi connectivity index (χ0v) is 6.98. The normalized spacial score (nSPS) is 11.7. The summed E-state index contributed by atoms with van der Waals surface area (Å²) < 4.78 is 0. The van der Waals surface area contributed by atoms with E-state index in [9.17, 15) is 0 Å². The van der Waals surface area contributed by atoms with E-state index < -0.39 is 0 Å². The van der Waals surface area contributed by atoms with Crippen LogP contribution in [0.15, 0.2) is 23.8 Å². The first-order valence-electron chi connectivity index (χ1n) is 3.71. The van der Waals surface area contributed by atoms with Gasteiger partial charge >= 0.3 is 0 Å². The lowest BCUT2D eigenvalue weighted by Crippen LogP contribution is -1.96. The first-order chi connectivity index (χ1) is 4.68. The molecular formula is C9H17N. The number of hydrogen-bond donors (Lipinski definition) is 1. The van der Waals surface area contributed by atoms with E-state index >= 15 is 0 Å². The highest BCUT2D eigenvalue weighted by Gasteiger charge is 1.87. The van der Waals surface area contributed by atoms with Crippen molar-refractivity contribution >= 4 is 0 Å². The molecule has 0 aliphatic heterocycles. The summed E-state index contributed by atoms with van der Waals surface area (Å²) in [6, 6.07) is 0. The third-order valence-electron chi connectivity index (χ3n) is 1.53. The molecule has 0 atom stereocenters. The molecule has 0 amide bonds. The van der Waals surface area contributed by atoms with Gasteiger partial charge in [-0.2, -0.15) is 0 Å². The Balaban J connectivity index is 3.58. The van der Waals surface area contributed by atoms with Gasteiger partial charge in [0.2, 0.25) is 0 Å². The van der Waals surface area contributed by atoms with Crippen molar-refractivity contribution in [3.05, 3.63) is 23.8 Å². The van der Waals surface area contributed by atoms with E-state index in [2.05, 4.69) is 19.6 Å². The number of unbranched alkanes of at least 4 members (excludes halogenated alkanes) is 1. The summed E-state index contributed by atoms with van der Waals surface area (Å²) >= 11 is 0. The molecule has 0 aliphatic carbocycles. The Bertz CT molecular complexity index is 134. The van der Waals surface area contributed by atoms with Crippen molar-refractivity contribution in [2.75, 3.05) is 6.54 Å². The second-order valence-electron chi connectivity index (χ2n) is 2.60. The van der Waals surface area contributed by atoms with Gasteiger partial charge in [0.25, 0.3) is 0 Å². The summed E-state index contributed by atoms with van der Waals surface area (Å²) in [6.45, 7) is 8.72. The van der Waals surface area contributed by atoms with E-state index in [4.69, 9.17) is 5.73 Å². The molecular weight excluding hydrogens is 122 g/mol. The third kappa shape index (κ3) is 4.33. The molecule has 0 unspecified atom stereocenters. The van der Waals surface area contributed by atoms with Gasteiger partial charge in [0.1, 0.15) is 0 Å². The molecule has 0 saturated heterocycles. The summed E-state index contributed by atoms with van der Waals surface area (Å²) in [6.07, 6.45) is 4.34. The molecule has 2 N–H and O–H groups in total. The van der Waals surface area contributed by atoms with Crippen LogP contribution in [0.5, 0.6) is 0 Å². The van der Waals surface area contributed by atoms with Gasteiger partial charge in [-0.05, 0) is 33.2 Å². The molecule has 0 spiro atoms. The van der Waals surface area contributed by atoms with Crippen molar-refractivity contribution < 1.29 is 0 Å². The number of hydrogen-bond acceptors (Lipinski definition) is 1. The molecule has 0 radical (unpaired) electrons. The van der Waals surface area contributed by atoms with Crippen LogP contribution in [0.25, 0.3) is 0 Å². The Hall–Kier alpha value is -0.560. The van der Waals surface area contributed by atoms with Crippen LogP contribution in [0, 0.1) is 0 Å². The number of nitrogens with two attached hydrogens (primary N) is 1. The van der Waals surface area contributed by atoms with E-state index in [0.29, 0.717) is 0 Å². The van der Waals surface area contributed by atoms with Crippen molar-refractivity contribution in [1.29, 1.82) is 0 Å². The van der Waals surface area contributed by atoms with Crippen molar-refractivity contribution in [1.82, 2.24) is 0 Å². The molecule has 0 fully saturated rings. The predicted molar refractivity (Wildman–Crippen MR) is 46.9 cm³/mol. The molecule has 0 aromatic heterocycles. The number of allylic oxidation sites excluding steroid dienone is 3. The number of rotatable bonds is 4. The fraction of sp³-hybridized carbons (Fsp3) is 0.556. The largest absolute Gasteiger partial charge is 0.330 e. The quantitative estimate of drug-likeness (QED) is 0.469. The first-order valence-corrected chi connectivity index (χ1v) is 3.71. The second kappa shape index (κ2) is 5.24. The lowest BCUT2D eigenvalue weighted by atomic mass is 10.1. The smallest absolute Gasteiger partial charge is 0.00743 e. The third-order valence-corrected chi connectivity index (χ3v) is 1.53. The van der Waals surface area contributed by atoms with E-state index in [1.54, 1.807) is 0 Å². The Labute approximate surface area is 63.6 Å². The SMILES string of the molecule is C=C(C)/C(C)=C/CCCN. The van der Waals surface area contributed by atoms with Crippen molar-refractivity contribution in [3.8, 4) is 0 Å². The Morgan fingerprint density at radius 3 is 2.50 bits per heavy atom. The average Bonchev–Trinajstić information content (AvgIpc) is 1.88. The lowest BCUT2D eigenvalue weighted by Gasteiger charge is -1.97. The molecule has 0 saturated carbocycles. The van der Waals surface area contributed by atoms with Gasteiger partial charge in [-0.15, -0.1) is 0 Å². The Morgan fingerprint density at radius 2 is 2.10 bits per heavy atom. The van der Waals surface area contributed by atoms with Crippen LogP contribution in [0.4, 0.5) is 0 Å². The predicted octanol–water partition coefficient (Wildman–Crippen LogP) is 2.25.